The van der Waals surface area contributed by atoms with Gasteiger partial charge in [-0.25, -0.2) is 13.1 Å². The van der Waals surface area contributed by atoms with E-state index in [0.29, 0.717) is 6.54 Å². The summed E-state index contributed by atoms with van der Waals surface area (Å²) in [6, 6.07) is 10.0. The van der Waals surface area contributed by atoms with E-state index in [1.165, 1.54) is 7.11 Å². The number of benzene rings is 1. The number of hydrogen-bond donors (Lipinski definition) is 1. The highest BCUT2D eigenvalue weighted by molar-refractivity contribution is 7.89. The Bertz CT molecular complexity index is 487. The predicted octanol–water partition coefficient (Wildman–Crippen LogP) is 1.64. The van der Waals surface area contributed by atoms with Crippen LogP contribution in [0.1, 0.15) is 25.5 Å². The smallest absolute Gasteiger partial charge is 0.213 e. The van der Waals surface area contributed by atoms with Crippen molar-refractivity contribution in [2.24, 2.45) is 0 Å². The molecule has 0 aliphatic carbocycles. The fourth-order valence-electron chi connectivity index (χ4n) is 2.27. The van der Waals surface area contributed by atoms with E-state index in [2.05, 4.69) is 23.5 Å². The van der Waals surface area contributed by atoms with Gasteiger partial charge in [0.05, 0.1) is 12.4 Å². The van der Waals surface area contributed by atoms with Crippen molar-refractivity contribution in [3.63, 3.8) is 0 Å². The van der Waals surface area contributed by atoms with Crippen LogP contribution >= 0.6 is 0 Å². The second-order valence-corrected chi connectivity index (χ2v) is 6.73. The van der Waals surface area contributed by atoms with E-state index < -0.39 is 10.0 Å². The molecule has 120 valence electrons. The average molecular weight is 314 g/mol. The maximum absolute atomic E-state index is 11.9. The van der Waals surface area contributed by atoms with Gasteiger partial charge >= 0.3 is 0 Å². The molecule has 1 N–H and O–H groups in total. The van der Waals surface area contributed by atoms with Crippen molar-refractivity contribution in [3.05, 3.63) is 35.9 Å². The van der Waals surface area contributed by atoms with Crippen molar-refractivity contribution < 1.29 is 13.2 Å². The Balaban J connectivity index is 2.79. The molecule has 1 atom stereocenters. The lowest BCUT2D eigenvalue weighted by Gasteiger charge is -2.30. The molecule has 0 heterocycles. The molecule has 0 saturated carbocycles. The summed E-state index contributed by atoms with van der Waals surface area (Å²) in [4.78, 5) is 2.24. The molecule has 0 saturated heterocycles. The zero-order valence-electron chi connectivity index (χ0n) is 13.1. The van der Waals surface area contributed by atoms with Crippen LogP contribution in [0, 0.1) is 0 Å². The summed E-state index contributed by atoms with van der Waals surface area (Å²) < 4.78 is 31.4. The Morgan fingerprint density at radius 3 is 2.33 bits per heavy atom. The van der Waals surface area contributed by atoms with Crippen LogP contribution in [0.2, 0.25) is 0 Å². The monoisotopic (exact) mass is 314 g/mol. The highest BCUT2D eigenvalue weighted by Crippen LogP contribution is 2.19. The summed E-state index contributed by atoms with van der Waals surface area (Å²) in [5.41, 5.74) is 1.12. The summed E-state index contributed by atoms with van der Waals surface area (Å²) in [7, 11) is -1.80. The first-order valence-corrected chi connectivity index (χ1v) is 8.94. The van der Waals surface area contributed by atoms with E-state index in [9.17, 15) is 8.42 Å². The number of sulfonamides is 1. The minimum Gasteiger partial charge on any atom is -0.384 e. The molecule has 0 aromatic heterocycles. The minimum atomic E-state index is -3.30. The van der Waals surface area contributed by atoms with Crippen LogP contribution in [0.5, 0.6) is 0 Å². The van der Waals surface area contributed by atoms with Gasteiger partial charge in [0.25, 0.3) is 0 Å². The molecule has 0 bridgehead atoms. The van der Waals surface area contributed by atoms with Crippen molar-refractivity contribution in [1.82, 2.24) is 9.62 Å². The molecule has 0 radical (unpaired) electrons. The lowest BCUT2D eigenvalue weighted by atomic mass is 10.1. The first kappa shape index (κ1) is 18.1. The second kappa shape index (κ2) is 9.15. The Morgan fingerprint density at radius 1 is 1.19 bits per heavy atom. The van der Waals surface area contributed by atoms with E-state index in [1.54, 1.807) is 0 Å². The summed E-state index contributed by atoms with van der Waals surface area (Å²) >= 11 is 0. The third-order valence-corrected chi connectivity index (χ3v) is 4.80. The second-order valence-electron chi connectivity index (χ2n) is 4.81. The van der Waals surface area contributed by atoms with Gasteiger partial charge in [-0.1, -0.05) is 44.2 Å². The first-order chi connectivity index (χ1) is 10.0. The lowest BCUT2D eigenvalue weighted by Crippen LogP contribution is -2.39. The summed E-state index contributed by atoms with van der Waals surface area (Å²) in [6.07, 6.45) is 0. The molecule has 0 amide bonds. The topological polar surface area (TPSA) is 58.6 Å². The molecule has 0 spiro atoms. The number of likely N-dealkylation sites (N-methyl/N-ethyl adjacent to an activating group) is 1. The molecule has 0 aliphatic rings. The van der Waals surface area contributed by atoms with E-state index in [4.69, 9.17) is 4.74 Å². The van der Waals surface area contributed by atoms with Crippen molar-refractivity contribution in [2.45, 2.75) is 19.9 Å². The van der Waals surface area contributed by atoms with Crippen LogP contribution in [0.3, 0.4) is 0 Å². The number of hydrogen-bond acceptors (Lipinski definition) is 4. The number of nitrogens with one attached hydrogen (secondary N) is 1. The highest BCUT2D eigenvalue weighted by Gasteiger charge is 2.20. The van der Waals surface area contributed by atoms with Crippen LogP contribution in [-0.4, -0.2) is 52.4 Å². The third-order valence-electron chi connectivity index (χ3n) is 3.49. The highest BCUT2D eigenvalue weighted by atomic mass is 32.2. The summed E-state index contributed by atoms with van der Waals surface area (Å²) in [5, 5.41) is 0. The van der Waals surface area contributed by atoms with Crippen LogP contribution < -0.4 is 4.72 Å². The normalized spacial score (nSPS) is 13.5. The van der Waals surface area contributed by atoms with Gasteiger partial charge in [0, 0.05) is 19.7 Å². The molecule has 21 heavy (non-hydrogen) atoms. The van der Waals surface area contributed by atoms with Crippen LogP contribution in [0.4, 0.5) is 0 Å². The maximum atomic E-state index is 11.9. The fourth-order valence-corrected chi connectivity index (χ4v) is 3.21. The van der Waals surface area contributed by atoms with Crippen LogP contribution in [0.15, 0.2) is 30.3 Å². The zero-order valence-corrected chi connectivity index (χ0v) is 13.9. The number of methoxy groups -OCH3 is 1. The van der Waals surface area contributed by atoms with Crippen molar-refractivity contribution in [1.29, 1.82) is 0 Å². The van der Waals surface area contributed by atoms with Crippen molar-refractivity contribution in [3.8, 4) is 0 Å². The molecule has 0 aliphatic heterocycles. The quantitative estimate of drug-likeness (QED) is 0.713. The number of ether oxygens (including phenoxy) is 1. The van der Waals surface area contributed by atoms with Gasteiger partial charge in [-0.2, -0.15) is 0 Å². The molecule has 1 aromatic carbocycles. The average Bonchev–Trinajstić information content (AvgIpc) is 2.50. The van der Waals surface area contributed by atoms with Gasteiger partial charge in [-0.05, 0) is 18.7 Å². The molecule has 5 nitrogen and oxygen atoms in total. The molecule has 0 fully saturated rings. The molecule has 1 unspecified atom stereocenters. The number of rotatable bonds is 10. The largest absolute Gasteiger partial charge is 0.384 e. The van der Waals surface area contributed by atoms with E-state index >= 15 is 0 Å². The fraction of sp³-hybridized carbons (Fsp3) is 0.600. The maximum Gasteiger partial charge on any atom is 0.213 e. The van der Waals surface area contributed by atoms with E-state index in [0.717, 1.165) is 18.7 Å². The van der Waals surface area contributed by atoms with Crippen molar-refractivity contribution >= 4 is 10.0 Å². The predicted molar refractivity (Wildman–Crippen MR) is 85.8 cm³/mol. The molecular weight excluding hydrogens is 288 g/mol. The Morgan fingerprint density at radius 2 is 1.81 bits per heavy atom. The van der Waals surface area contributed by atoms with Gasteiger partial charge in [-0.15, -0.1) is 0 Å². The lowest BCUT2D eigenvalue weighted by molar-refractivity contribution is 0.214. The van der Waals surface area contributed by atoms with Crippen LogP contribution in [0.25, 0.3) is 0 Å². The van der Waals surface area contributed by atoms with Gasteiger partial charge in [-0.3, -0.25) is 4.90 Å². The van der Waals surface area contributed by atoms with Crippen molar-refractivity contribution in [2.75, 3.05) is 39.1 Å². The third kappa shape index (κ3) is 6.13. The first-order valence-electron chi connectivity index (χ1n) is 7.29. The molecule has 1 rings (SSSR count). The van der Waals surface area contributed by atoms with Gasteiger partial charge in [0.2, 0.25) is 10.0 Å². The zero-order chi connectivity index (χ0) is 15.7. The number of nitrogens with zero attached hydrogens (tertiary/aromatic N) is 1. The Labute approximate surface area is 128 Å². The van der Waals surface area contributed by atoms with E-state index in [1.807, 2.05) is 30.3 Å². The molecular formula is C15H26N2O3S. The molecule has 1 aromatic rings. The standard InChI is InChI=1S/C15H26N2O3S/c1-4-17(5-2)15(14-9-7-6-8-10-14)13-16-21(18,19)12-11-20-3/h6-10,15-16H,4-5,11-13H2,1-3H3. The summed E-state index contributed by atoms with van der Waals surface area (Å²) in [6.45, 7) is 6.48. The SMILES string of the molecule is CCN(CC)C(CNS(=O)(=O)CCOC)c1ccccc1. The molecule has 6 heteroatoms. The Hall–Kier alpha value is -0.950. The van der Waals surface area contributed by atoms with Crippen LogP contribution in [-0.2, 0) is 14.8 Å². The van der Waals surface area contributed by atoms with E-state index in [-0.39, 0.29) is 18.4 Å². The van der Waals surface area contributed by atoms with Gasteiger partial charge < -0.3 is 4.74 Å². The van der Waals surface area contributed by atoms with Gasteiger partial charge in [0.15, 0.2) is 0 Å². The Kier molecular flexibility index (Phi) is 7.88. The summed E-state index contributed by atoms with van der Waals surface area (Å²) in [5.74, 6) is -0.0107. The minimum absolute atomic E-state index is 0.0107. The van der Waals surface area contributed by atoms with Gasteiger partial charge in [0.1, 0.15) is 0 Å².